The van der Waals surface area contributed by atoms with Gasteiger partial charge in [0.2, 0.25) is 0 Å². The molecule has 21 heavy (non-hydrogen) atoms. The first kappa shape index (κ1) is 17.2. The van der Waals surface area contributed by atoms with Crippen LogP contribution >= 0.6 is 22.6 Å². The molecule has 1 fully saturated rings. The molecule has 5 heteroatoms. The third kappa shape index (κ3) is 5.53. The van der Waals surface area contributed by atoms with Crippen molar-refractivity contribution in [3.63, 3.8) is 0 Å². The first-order valence-corrected chi connectivity index (χ1v) is 10.4. The first-order valence-electron chi connectivity index (χ1n) is 7.54. The number of nitrogens with one attached hydrogen (secondary N) is 1. The van der Waals surface area contributed by atoms with E-state index in [2.05, 4.69) is 66.0 Å². The Kier molecular flexibility index (Phi) is 6.08. The Bertz CT molecular complexity index is 554. The van der Waals surface area contributed by atoms with Gasteiger partial charge in [0.05, 0.1) is 11.5 Å². The van der Waals surface area contributed by atoms with Crippen molar-refractivity contribution in [2.75, 3.05) is 18.1 Å². The molecule has 0 aliphatic carbocycles. The first-order chi connectivity index (χ1) is 9.85. The molecule has 0 radical (unpaired) electrons. The molecule has 118 valence electrons. The molecule has 1 aliphatic heterocycles. The Morgan fingerprint density at radius 3 is 2.48 bits per heavy atom. The van der Waals surface area contributed by atoms with Crippen LogP contribution in [0.25, 0.3) is 0 Å². The number of hydrogen-bond donors (Lipinski definition) is 1. The van der Waals surface area contributed by atoms with Crippen molar-refractivity contribution in [2.45, 2.75) is 32.7 Å². The Morgan fingerprint density at radius 2 is 1.95 bits per heavy atom. The summed E-state index contributed by atoms with van der Waals surface area (Å²) in [5.74, 6) is 1.41. The fourth-order valence-electron chi connectivity index (χ4n) is 2.91. The molecule has 0 bridgehead atoms. The Balaban J connectivity index is 2.06. The number of rotatable bonds is 6. The number of benzene rings is 1. The zero-order valence-electron chi connectivity index (χ0n) is 12.7. The second-order valence-corrected chi connectivity index (χ2v) is 9.79. The Labute approximate surface area is 142 Å². The highest BCUT2D eigenvalue weighted by Crippen LogP contribution is 2.28. The summed E-state index contributed by atoms with van der Waals surface area (Å²) in [6.45, 7) is 5.16. The minimum Gasteiger partial charge on any atom is -0.314 e. The quantitative estimate of drug-likeness (QED) is 0.719. The molecule has 0 spiro atoms. The van der Waals surface area contributed by atoms with E-state index >= 15 is 0 Å². The zero-order chi connectivity index (χ0) is 15.5. The average Bonchev–Trinajstić information content (AvgIpc) is 2.77. The second-order valence-electron chi connectivity index (χ2n) is 6.32. The van der Waals surface area contributed by atoms with E-state index in [1.807, 2.05) is 0 Å². The normalized spacial score (nSPS) is 22.6. The molecule has 2 unspecified atom stereocenters. The van der Waals surface area contributed by atoms with Crippen molar-refractivity contribution in [1.82, 2.24) is 5.32 Å². The van der Waals surface area contributed by atoms with Gasteiger partial charge in [-0.2, -0.15) is 0 Å². The molecule has 0 saturated carbocycles. The lowest BCUT2D eigenvalue weighted by molar-refractivity contribution is 0.333. The largest absolute Gasteiger partial charge is 0.314 e. The highest BCUT2D eigenvalue weighted by Gasteiger charge is 2.33. The molecule has 1 aromatic carbocycles. The summed E-state index contributed by atoms with van der Waals surface area (Å²) < 4.78 is 24.8. The Hall–Kier alpha value is -0.140. The standard InChI is InChI=1S/C16H24INO2S/c1-12(2)18-10-15(14-7-8-21(19,20)11-14)9-13-3-5-16(17)6-4-13/h3-6,12,14-15,18H,7-11H2,1-2H3. The molecule has 2 atom stereocenters. The summed E-state index contributed by atoms with van der Waals surface area (Å²) in [5, 5.41) is 3.49. The summed E-state index contributed by atoms with van der Waals surface area (Å²) in [6.07, 6.45) is 1.77. The monoisotopic (exact) mass is 421 g/mol. The van der Waals surface area contributed by atoms with Gasteiger partial charge in [-0.05, 0) is 71.5 Å². The van der Waals surface area contributed by atoms with Gasteiger partial charge in [-0.15, -0.1) is 0 Å². The fourth-order valence-corrected chi connectivity index (χ4v) is 5.19. The lowest BCUT2D eigenvalue weighted by atomic mass is 9.86. The van der Waals surface area contributed by atoms with Gasteiger partial charge in [-0.25, -0.2) is 8.42 Å². The van der Waals surface area contributed by atoms with E-state index in [9.17, 15) is 8.42 Å². The second kappa shape index (κ2) is 7.42. The summed E-state index contributed by atoms with van der Waals surface area (Å²) >= 11 is 2.31. The van der Waals surface area contributed by atoms with Crippen molar-refractivity contribution in [1.29, 1.82) is 0 Å². The van der Waals surface area contributed by atoms with Crippen LogP contribution in [-0.4, -0.2) is 32.5 Å². The highest BCUT2D eigenvalue weighted by atomic mass is 127. The van der Waals surface area contributed by atoms with Gasteiger partial charge in [-0.1, -0.05) is 26.0 Å². The SMILES string of the molecule is CC(C)NCC(Cc1ccc(I)cc1)C1CCS(=O)(=O)C1. The van der Waals surface area contributed by atoms with Gasteiger partial charge in [0.1, 0.15) is 0 Å². The van der Waals surface area contributed by atoms with Crippen molar-refractivity contribution in [2.24, 2.45) is 11.8 Å². The molecule has 0 aromatic heterocycles. The maximum atomic E-state index is 11.8. The van der Waals surface area contributed by atoms with Crippen LogP contribution in [0.5, 0.6) is 0 Å². The van der Waals surface area contributed by atoms with Gasteiger partial charge in [0.15, 0.2) is 9.84 Å². The molecule has 3 nitrogen and oxygen atoms in total. The predicted molar refractivity (Wildman–Crippen MR) is 96.3 cm³/mol. The average molecular weight is 421 g/mol. The van der Waals surface area contributed by atoms with Crippen molar-refractivity contribution < 1.29 is 8.42 Å². The van der Waals surface area contributed by atoms with Crippen molar-refractivity contribution >= 4 is 32.4 Å². The minimum atomic E-state index is -2.81. The van der Waals surface area contributed by atoms with E-state index in [0.29, 0.717) is 29.4 Å². The van der Waals surface area contributed by atoms with Gasteiger partial charge >= 0.3 is 0 Å². The van der Waals surface area contributed by atoms with Crippen LogP contribution in [0.15, 0.2) is 24.3 Å². The molecular formula is C16H24INO2S. The van der Waals surface area contributed by atoms with Gasteiger partial charge in [0, 0.05) is 9.61 Å². The van der Waals surface area contributed by atoms with Crippen LogP contribution in [0, 0.1) is 15.4 Å². The summed E-state index contributed by atoms with van der Waals surface area (Å²) in [4.78, 5) is 0. The molecule has 1 aliphatic rings. The molecular weight excluding hydrogens is 397 g/mol. The summed E-state index contributed by atoms with van der Waals surface area (Å²) in [7, 11) is -2.81. The number of halogens is 1. The summed E-state index contributed by atoms with van der Waals surface area (Å²) in [5.41, 5.74) is 1.30. The van der Waals surface area contributed by atoms with Crippen LogP contribution in [-0.2, 0) is 16.3 Å². The zero-order valence-corrected chi connectivity index (χ0v) is 15.7. The van der Waals surface area contributed by atoms with E-state index < -0.39 is 9.84 Å². The molecule has 0 amide bonds. The van der Waals surface area contributed by atoms with Crippen molar-refractivity contribution in [3.05, 3.63) is 33.4 Å². The number of hydrogen-bond acceptors (Lipinski definition) is 3. The van der Waals surface area contributed by atoms with Gasteiger partial charge < -0.3 is 5.32 Å². The third-order valence-electron chi connectivity index (χ3n) is 4.13. The van der Waals surface area contributed by atoms with E-state index in [0.717, 1.165) is 19.4 Å². The van der Waals surface area contributed by atoms with Crippen LogP contribution in [0.2, 0.25) is 0 Å². The fraction of sp³-hybridized carbons (Fsp3) is 0.625. The smallest absolute Gasteiger partial charge is 0.150 e. The lowest BCUT2D eigenvalue weighted by Crippen LogP contribution is -2.34. The van der Waals surface area contributed by atoms with Crippen LogP contribution in [0.4, 0.5) is 0 Å². The van der Waals surface area contributed by atoms with Gasteiger partial charge in [0.25, 0.3) is 0 Å². The van der Waals surface area contributed by atoms with E-state index in [-0.39, 0.29) is 0 Å². The van der Waals surface area contributed by atoms with Crippen LogP contribution in [0.1, 0.15) is 25.8 Å². The van der Waals surface area contributed by atoms with E-state index in [4.69, 9.17) is 0 Å². The highest BCUT2D eigenvalue weighted by molar-refractivity contribution is 14.1. The lowest BCUT2D eigenvalue weighted by Gasteiger charge is -2.24. The maximum Gasteiger partial charge on any atom is 0.150 e. The van der Waals surface area contributed by atoms with E-state index in [1.54, 1.807) is 0 Å². The molecule has 1 heterocycles. The summed E-state index contributed by atoms with van der Waals surface area (Å²) in [6, 6.07) is 8.99. The van der Waals surface area contributed by atoms with Crippen LogP contribution in [0.3, 0.4) is 0 Å². The molecule has 1 N–H and O–H groups in total. The molecule has 1 aromatic rings. The maximum absolute atomic E-state index is 11.8. The minimum absolute atomic E-state index is 0.292. The molecule has 1 saturated heterocycles. The molecule has 2 rings (SSSR count). The third-order valence-corrected chi connectivity index (χ3v) is 6.65. The van der Waals surface area contributed by atoms with Crippen LogP contribution < -0.4 is 5.32 Å². The Morgan fingerprint density at radius 1 is 1.29 bits per heavy atom. The topological polar surface area (TPSA) is 46.2 Å². The predicted octanol–water partition coefficient (Wildman–Crippen LogP) is 2.88. The van der Waals surface area contributed by atoms with E-state index in [1.165, 1.54) is 9.13 Å². The van der Waals surface area contributed by atoms with Crippen molar-refractivity contribution in [3.8, 4) is 0 Å². The number of sulfone groups is 1. The van der Waals surface area contributed by atoms with Gasteiger partial charge in [-0.3, -0.25) is 0 Å².